The molecule has 0 heterocycles. The van der Waals surface area contributed by atoms with E-state index in [1.807, 2.05) is 18.2 Å². The summed E-state index contributed by atoms with van der Waals surface area (Å²) < 4.78 is 1.06. The lowest BCUT2D eigenvalue weighted by Gasteiger charge is -2.19. The number of hydrogen-bond donors (Lipinski definition) is 1. The quantitative estimate of drug-likeness (QED) is 0.902. The van der Waals surface area contributed by atoms with Crippen molar-refractivity contribution in [1.82, 2.24) is 4.90 Å². The zero-order valence-electron chi connectivity index (χ0n) is 8.71. The zero-order chi connectivity index (χ0) is 11.3. The molecule has 0 bridgehead atoms. The second kappa shape index (κ2) is 6.48. The molecule has 1 N–H and O–H groups in total. The number of halogens is 2. The summed E-state index contributed by atoms with van der Waals surface area (Å²) in [4.78, 5) is 2.16. The molecular weight excluding hydrogens is 277 g/mol. The van der Waals surface area contributed by atoms with Crippen LogP contribution in [0.25, 0.3) is 0 Å². The molecule has 0 aliphatic rings. The summed E-state index contributed by atoms with van der Waals surface area (Å²) in [6, 6.07) is 5.76. The van der Waals surface area contributed by atoms with Gasteiger partial charge in [0, 0.05) is 22.6 Å². The number of nitrogens with zero attached hydrogens (tertiary/aromatic N) is 1. The van der Waals surface area contributed by atoms with Crippen LogP contribution in [0.4, 0.5) is 0 Å². The molecule has 1 aromatic carbocycles. The van der Waals surface area contributed by atoms with E-state index in [0.717, 1.165) is 28.1 Å². The fourth-order valence-corrected chi connectivity index (χ4v) is 1.96. The summed E-state index contributed by atoms with van der Waals surface area (Å²) in [5.74, 6) is 0. The molecule has 0 saturated carbocycles. The van der Waals surface area contributed by atoms with Gasteiger partial charge in [-0.2, -0.15) is 0 Å². The molecule has 0 atom stereocenters. The molecule has 0 spiro atoms. The Labute approximate surface area is 104 Å². The molecular formula is C11H15BrClNO. The summed E-state index contributed by atoms with van der Waals surface area (Å²) in [7, 11) is 0. The van der Waals surface area contributed by atoms with Crippen LogP contribution in [-0.2, 0) is 6.54 Å². The van der Waals surface area contributed by atoms with E-state index in [1.165, 1.54) is 0 Å². The van der Waals surface area contributed by atoms with Gasteiger partial charge in [0.2, 0.25) is 0 Å². The molecule has 1 aromatic rings. The Morgan fingerprint density at radius 2 is 2.20 bits per heavy atom. The van der Waals surface area contributed by atoms with Gasteiger partial charge < -0.3 is 5.11 Å². The monoisotopic (exact) mass is 291 g/mol. The van der Waals surface area contributed by atoms with Crippen molar-refractivity contribution in [2.75, 3.05) is 19.7 Å². The van der Waals surface area contributed by atoms with Crippen LogP contribution in [-0.4, -0.2) is 29.7 Å². The minimum atomic E-state index is 0.187. The Morgan fingerprint density at radius 1 is 1.47 bits per heavy atom. The minimum absolute atomic E-state index is 0.187. The van der Waals surface area contributed by atoms with Gasteiger partial charge in [-0.15, -0.1) is 0 Å². The first kappa shape index (κ1) is 13.0. The highest BCUT2D eigenvalue weighted by Gasteiger charge is 2.06. The van der Waals surface area contributed by atoms with Crippen molar-refractivity contribution in [2.24, 2.45) is 0 Å². The van der Waals surface area contributed by atoms with Gasteiger partial charge in [-0.1, -0.05) is 34.5 Å². The summed E-state index contributed by atoms with van der Waals surface area (Å²) in [5, 5.41) is 9.63. The molecule has 0 aromatic heterocycles. The predicted molar refractivity (Wildman–Crippen MR) is 67.2 cm³/mol. The van der Waals surface area contributed by atoms with Crippen LogP contribution in [0, 0.1) is 0 Å². The van der Waals surface area contributed by atoms with Crippen molar-refractivity contribution in [3.05, 3.63) is 33.3 Å². The first-order valence-corrected chi connectivity index (χ1v) is 6.11. The van der Waals surface area contributed by atoms with E-state index in [2.05, 4.69) is 27.8 Å². The van der Waals surface area contributed by atoms with Gasteiger partial charge >= 0.3 is 0 Å². The molecule has 0 unspecified atom stereocenters. The molecule has 1 rings (SSSR count). The van der Waals surface area contributed by atoms with Crippen LogP contribution in [0.1, 0.15) is 12.5 Å². The predicted octanol–water partition coefficient (Wildman–Crippen LogP) is 2.92. The van der Waals surface area contributed by atoms with Crippen molar-refractivity contribution < 1.29 is 5.11 Å². The molecule has 0 radical (unpaired) electrons. The lowest BCUT2D eigenvalue weighted by atomic mass is 10.2. The van der Waals surface area contributed by atoms with Crippen LogP contribution in [0.2, 0.25) is 5.02 Å². The largest absolute Gasteiger partial charge is 0.395 e. The summed E-state index contributed by atoms with van der Waals surface area (Å²) >= 11 is 9.42. The Bertz CT molecular complexity index is 319. The molecule has 2 nitrogen and oxygen atoms in total. The Balaban J connectivity index is 2.73. The summed E-state index contributed by atoms with van der Waals surface area (Å²) in [6.07, 6.45) is 0. The first-order valence-electron chi connectivity index (χ1n) is 4.94. The molecule has 0 aliphatic heterocycles. The highest BCUT2D eigenvalue weighted by Crippen LogP contribution is 2.22. The summed E-state index contributed by atoms with van der Waals surface area (Å²) in [5.41, 5.74) is 1.15. The topological polar surface area (TPSA) is 23.5 Å². The van der Waals surface area contributed by atoms with Crippen molar-refractivity contribution >= 4 is 27.5 Å². The van der Waals surface area contributed by atoms with E-state index >= 15 is 0 Å². The second-order valence-corrected chi connectivity index (χ2v) is 4.62. The van der Waals surface area contributed by atoms with Gasteiger partial charge in [0.25, 0.3) is 0 Å². The maximum Gasteiger partial charge on any atom is 0.0558 e. The number of aliphatic hydroxyl groups is 1. The van der Waals surface area contributed by atoms with Gasteiger partial charge in [0.05, 0.1) is 6.61 Å². The lowest BCUT2D eigenvalue weighted by molar-refractivity contribution is 0.196. The zero-order valence-corrected chi connectivity index (χ0v) is 11.1. The molecule has 0 fully saturated rings. The standard InChI is InChI=1S/C11H15BrClNO/c1-2-14(5-6-15)8-9-7-10(13)3-4-11(9)12/h3-4,7,15H,2,5-6,8H2,1H3. The van der Waals surface area contributed by atoms with E-state index in [4.69, 9.17) is 16.7 Å². The number of rotatable bonds is 5. The first-order chi connectivity index (χ1) is 7.17. The Kier molecular flexibility index (Phi) is 5.61. The smallest absolute Gasteiger partial charge is 0.0558 e. The number of likely N-dealkylation sites (N-methyl/N-ethyl adjacent to an activating group) is 1. The van der Waals surface area contributed by atoms with Crippen LogP contribution in [0.5, 0.6) is 0 Å². The molecule has 0 saturated heterocycles. The summed E-state index contributed by atoms with van der Waals surface area (Å²) in [6.45, 7) is 4.67. The van der Waals surface area contributed by atoms with Crippen molar-refractivity contribution in [3.63, 3.8) is 0 Å². The average molecular weight is 293 g/mol. The molecule has 0 aliphatic carbocycles. The van der Waals surface area contributed by atoms with Gasteiger partial charge in [-0.3, -0.25) is 4.90 Å². The van der Waals surface area contributed by atoms with Gasteiger partial charge in [0.15, 0.2) is 0 Å². The molecule has 15 heavy (non-hydrogen) atoms. The van der Waals surface area contributed by atoms with E-state index in [9.17, 15) is 0 Å². The maximum atomic E-state index is 8.89. The van der Waals surface area contributed by atoms with Crippen LogP contribution >= 0.6 is 27.5 Å². The van der Waals surface area contributed by atoms with Crippen molar-refractivity contribution in [1.29, 1.82) is 0 Å². The molecule has 4 heteroatoms. The number of hydrogen-bond acceptors (Lipinski definition) is 2. The lowest BCUT2D eigenvalue weighted by Crippen LogP contribution is -2.26. The van der Waals surface area contributed by atoms with E-state index < -0.39 is 0 Å². The van der Waals surface area contributed by atoms with Crippen LogP contribution in [0.15, 0.2) is 22.7 Å². The highest BCUT2D eigenvalue weighted by atomic mass is 79.9. The Morgan fingerprint density at radius 3 is 2.80 bits per heavy atom. The molecule has 0 amide bonds. The highest BCUT2D eigenvalue weighted by molar-refractivity contribution is 9.10. The normalized spacial score (nSPS) is 11.0. The van der Waals surface area contributed by atoms with Crippen LogP contribution < -0.4 is 0 Å². The fraction of sp³-hybridized carbons (Fsp3) is 0.455. The SMILES string of the molecule is CCN(CCO)Cc1cc(Cl)ccc1Br. The third-order valence-corrected chi connectivity index (χ3v) is 3.27. The Hall–Kier alpha value is -0.0900. The average Bonchev–Trinajstić information content (AvgIpc) is 2.22. The van der Waals surface area contributed by atoms with E-state index in [0.29, 0.717) is 6.54 Å². The number of aliphatic hydroxyl groups excluding tert-OH is 1. The van der Waals surface area contributed by atoms with Crippen LogP contribution in [0.3, 0.4) is 0 Å². The minimum Gasteiger partial charge on any atom is -0.395 e. The second-order valence-electron chi connectivity index (χ2n) is 3.33. The third-order valence-electron chi connectivity index (χ3n) is 2.27. The number of benzene rings is 1. The third kappa shape index (κ3) is 4.11. The van der Waals surface area contributed by atoms with Gasteiger partial charge in [0.1, 0.15) is 0 Å². The maximum absolute atomic E-state index is 8.89. The van der Waals surface area contributed by atoms with E-state index in [-0.39, 0.29) is 6.61 Å². The van der Waals surface area contributed by atoms with E-state index in [1.54, 1.807) is 0 Å². The van der Waals surface area contributed by atoms with Gasteiger partial charge in [-0.25, -0.2) is 0 Å². The molecule has 84 valence electrons. The fourth-order valence-electron chi connectivity index (χ4n) is 1.40. The van der Waals surface area contributed by atoms with Crippen molar-refractivity contribution in [3.8, 4) is 0 Å². The van der Waals surface area contributed by atoms with Crippen molar-refractivity contribution in [2.45, 2.75) is 13.5 Å². The van der Waals surface area contributed by atoms with Gasteiger partial charge in [-0.05, 0) is 30.3 Å².